The van der Waals surface area contributed by atoms with E-state index in [1.807, 2.05) is 44.2 Å². The average molecular weight is 302 g/mol. The summed E-state index contributed by atoms with van der Waals surface area (Å²) in [7, 11) is 0. The van der Waals surface area contributed by atoms with Crippen molar-refractivity contribution in [1.82, 2.24) is 9.55 Å². The van der Waals surface area contributed by atoms with E-state index in [0.717, 1.165) is 5.56 Å². The Hall–Kier alpha value is -2.14. The standard InChI is InChI=1S/C17H22N2O3/c1-4-14(20)19-13(10-12-8-6-5-7-9-12)15(11(2)3)16(21)18-17(19)22/h5-9,11,14,20H,4,10H2,1-3H3,(H,18,21,22). The maximum absolute atomic E-state index is 12.2. The molecule has 0 spiro atoms. The molecular formula is C17H22N2O3. The summed E-state index contributed by atoms with van der Waals surface area (Å²) in [6.07, 6.45) is -0.115. The van der Waals surface area contributed by atoms with Gasteiger partial charge in [0.05, 0.1) is 0 Å². The molecule has 1 heterocycles. The molecule has 118 valence electrons. The van der Waals surface area contributed by atoms with Gasteiger partial charge in [0.2, 0.25) is 0 Å². The quantitative estimate of drug-likeness (QED) is 0.888. The van der Waals surface area contributed by atoms with Gasteiger partial charge in [-0.3, -0.25) is 14.3 Å². The molecule has 2 rings (SSSR count). The molecule has 0 saturated heterocycles. The van der Waals surface area contributed by atoms with E-state index < -0.39 is 11.9 Å². The van der Waals surface area contributed by atoms with Gasteiger partial charge in [-0.1, -0.05) is 51.1 Å². The van der Waals surface area contributed by atoms with Gasteiger partial charge in [-0.05, 0) is 17.9 Å². The smallest absolute Gasteiger partial charge is 0.330 e. The Bertz CT molecular complexity index is 745. The van der Waals surface area contributed by atoms with Crippen LogP contribution in [0.4, 0.5) is 0 Å². The van der Waals surface area contributed by atoms with E-state index in [9.17, 15) is 14.7 Å². The lowest BCUT2D eigenvalue weighted by Gasteiger charge is -2.21. The topological polar surface area (TPSA) is 75.1 Å². The number of nitrogens with one attached hydrogen (secondary N) is 1. The SMILES string of the molecule is CCC(O)n1c(Cc2ccccc2)c(C(C)C)c(=O)[nH]c1=O. The van der Waals surface area contributed by atoms with Crippen LogP contribution in [0.3, 0.4) is 0 Å². The van der Waals surface area contributed by atoms with Crippen LogP contribution in [-0.2, 0) is 6.42 Å². The van der Waals surface area contributed by atoms with Crippen LogP contribution < -0.4 is 11.2 Å². The molecule has 0 amide bonds. The van der Waals surface area contributed by atoms with Crippen LogP contribution in [0, 0.1) is 0 Å². The summed E-state index contributed by atoms with van der Waals surface area (Å²) in [5, 5.41) is 10.2. The van der Waals surface area contributed by atoms with Crippen LogP contribution in [0.2, 0.25) is 0 Å². The number of aliphatic hydroxyl groups excluding tert-OH is 1. The molecule has 2 aromatic rings. The van der Waals surface area contributed by atoms with Crippen molar-refractivity contribution in [2.75, 3.05) is 0 Å². The first kappa shape index (κ1) is 16.2. The van der Waals surface area contributed by atoms with Crippen molar-refractivity contribution in [2.45, 2.75) is 45.8 Å². The zero-order chi connectivity index (χ0) is 16.3. The summed E-state index contributed by atoms with van der Waals surface area (Å²) >= 11 is 0. The van der Waals surface area contributed by atoms with Crippen LogP contribution in [0.5, 0.6) is 0 Å². The van der Waals surface area contributed by atoms with Crippen molar-refractivity contribution in [3.05, 3.63) is 68.0 Å². The Morgan fingerprint density at radius 3 is 2.36 bits per heavy atom. The van der Waals surface area contributed by atoms with E-state index in [4.69, 9.17) is 0 Å². The number of aromatic nitrogens is 2. The molecule has 0 aliphatic heterocycles. The zero-order valence-corrected chi connectivity index (χ0v) is 13.2. The fourth-order valence-corrected chi connectivity index (χ4v) is 2.67. The van der Waals surface area contributed by atoms with Crippen molar-refractivity contribution >= 4 is 0 Å². The molecule has 2 N–H and O–H groups in total. The van der Waals surface area contributed by atoms with Gasteiger partial charge in [0.1, 0.15) is 6.23 Å². The van der Waals surface area contributed by atoms with Gasteiger partial charge in [0.25, 0.3) is 5.56 Å². The van der Waals surface area contributed by atoms with Crippen LogP contribution in [0.15, 0.2) is 39.9 Å². The lowest BCUT2D eigenvalue weighted by atomic mass is 9.98. The van der Waals surface area contributed by atoms with Crippen molar-refractivity contribution in [3.63, 3.8) is 0 Å². The first-order valence-corrected chi connectivity index (χ1v) is 7.55. The molecule has 1 unspecified atom stereocenters. The number of aromatic amines is 1. The minimum atomic E-state index is -0.944. The number of hydrogen-bond acceptors (Lipinski definition) is 3. The lowest BCUT2D eigenvalue weighted by molar-refractivity contribution is 0.0911. The number of benzene rings is 1. The highest BCUT2D eigenvalue weighted by Crippen LogP contribution is 2.20. The third-order valence-electron chi connectivity index (χ3n) is 3.74. The highest BCUT2D eigenvalue weighted by atomic mass is 16.3. The first-order valence-electron chi connectivity index (χ1n) is 7.55. The minimum Gasteiger partial charge on any atom is -0.373 e. The summed E-state index contributed by atoms with van der Waals surface area (Å²) < 4.78 is 1.31. The van der Waals surface area contributed by atoms with Gasteiger partial charge in [0.15, 0.2) is 0 Å². The van der Waals surface area contributed by atoms with E-state index in [0.29, 0.717) is 24.1 Å². The Balaban J connectivity index is 2.71. The molecule has 1 aromatic carbocycles. The Labute approximate surface area is 129 Å². The van der Waals surface area contributed by atoms with Crippen LogP contribution >= 0.6 is 0 Å². The number of aliphatic hydroxyl groups is 1. The summed E-state index contributed by atoms with van der Waals surface area (Å²) in [5.74, 6) is -0.0432. The second-order valence-corrected chi connectivity index (χ2v) is 5.70. The van der Waals surface area contributed by atoms with Crippen molar-refractivity contribution in [1.29, 1.82) is 0 Å². The van der Waals surface area contributed by atoms with Gasteiger partial charge < -0.3 is 5.11 Å². The monoisotopic (exact) mass is 302 g/mol. The molecule has 1 atom stereocenters. The molecule has 5 heteroatoms. The number of rotatable bonds is 5. The van der Waals surface area contributed by atoms with Crippen molar-refractivity contribution in [2.24, 2.45) is 0 Å². The Morgan fingerprint density at radius 2 is 1.82 bits per heavy atom. The maximum atomic E-state index is 12.2. The van der Waals surface area contributed by atoms with E-state index in [1.54, 1.807) is 6.92 Å². The largest absolute Gasteiger partial charge is 0.373 e. The second-order valence-electron chi connectivity index (χ2n) is 5.70. The molecule has 0 bridgehead atoms. The van der Waals surface area contributed by atoms with Gasteiger partial charge >= 0.3 is 5.69 Å². The summed E-state index contributed by atoms with van der Waals surface area (Å²) in [6, 6.07) is 9.63. The third kappa shape index (κ3) is 3.20. The highest BCUT2D eigenvalue weighted by Gasteiger charge is 2.20. The molecule has 22 heavy (non-hydrogen) atoms. The first-order chi connectivity index (χ1) is 10.5. The number of H-pyrrole nitrogens is 1. The van der Waals surface area contributed by atoms with Gasteiger partial charge in [0, 0.05) is 17.7 Å². The van der Waals surface area contributed by atoms with E-state index in [1.165, 1.54) is 4.57 Å². The molecule has 0 radical (unpaired) electrons. The molecule has 0 saturated carbocycles. The summed E-state index contributed by atoms with van der Waals surface area (Å²) in [5.41, 5.74) is 1.20. The molecule has 1 aromatic heterocycles. The molecule has 0 fully saturated rings. The van der Waals surface area contributed by atoms with Crippen LogP contribution in [0.25, 0.3) is 0 Å². The fraction of sp³-hybridized carbons (Fsp3) is 0.412. The average Bonchev–Trinajstić information content (AvgIpc) is 2.47. The van der Waals surface area contributed by atoms with E-state index >= 15 is 0 Å². The molecular weight excluding hydrogens is 280 g/mol. The molecule has 0 aliphatic carbocycles. The predicted molar refractivity (Wildman–Crippen MR) is 86.2 cm³/mol. The zero-order valence-electron chi connectivity index (χ0n) is 13.2. The third-order valence-corrected chi connectivity index (χ3v) is 3.74. The van der Waals surface area contributed by atoms with E-state index in [-0.39, 0.29) is 11.5 Å². The Morgan fingerprint density at radius 1 is 1.18 bits per heavy atom. The molecule has 0 aliphatic rings. The van der Waals surface area contributed by atoms with Gasteiger partial charge in [-0.15, -0.1) is 0 Å². The number of nitrogens with zero attached hydrogens (tertiary/aromatic N) is 1. The van der Waals surface area contributed by atoms with Gasteiger partial charge in [-0.2, -0.15) is 0 Å². The highest BCUT2D eigenvalue weighted by molar-refractivity contribution is 5.29. The summed E-state index contributed by atoms with van der Waals surface area (Å²) in [4.78, 5) is 26.7. The fourth-order valence-electron chi connectivity index (χ4n) is 2.67. The van der Waals surface area contributed by atoms with Crippen LogP contribution in [-0.4, -0.2) is 14.7 Å². The second kappa shape index (κ2) is 6.75. The minimum absolute atomic E-state index is 0.0432. The van der Waals surface area contributed by atoms with Crippen molar-refractivity contribution < 1.29 is 5.11 Å². The number of hydrogen-bond donors (Lipinski definition) is 2. The predicted octanol–water partition coefficient (Wildman–Crippen LogP) is 2.15. The van der Waals surface area contributed by atoms with Gasteiger partial charge in [-0.25, -0.2) is 4.79 Å². The Kier molecular flexibility index (Phi) is 4.98. The van der Waals surface area contributed by atoms with Crippen molar-refractivity contribution in [3.8, 4) is 0 Å². The summed E-state index contributed by atoms with van der Waals surface area (Å²) in [6.45, 7) is 5.61. The maximum Gasteiger partial charge on any atom is 0.330 e. The van der Waals surface area contributed by atoms with E-state index in [2.05, 4.69) is 4.98 Å². The van der Waals surface area contributed by atoms with Crippen LogP contribution in [0.1, 0.15) is 56.2 Å². The normalized spacial score (nSPS) is 12.6. The molecule has 5 nitrogen and oxygen atoms in total. The lowest BCUT2D eigenvalue weighted by Crippen LogP contribution is -2.38.